The highest BCUT2D eigenvalue weighted by atomic mass is 32.1. The van der Waals surface area contributed by atoms with E-state index in [0.717, 1.165) is 22.6 Å². The third kappa shape index (κ3) is 2.42. The monoisotopic (exact) mass is 282 g/mol. The van der Waals surface area contributed by atoms with Crippen LogP contribution in [0.4, 0.5) is 18.9 Å². The van der Waals surface area contributed by atoms with Crippen LogP contribution < -0.4 is 5.73 Å². The predicted molar refractivity (Wildman–Crippen MR) is 68.6 cm³/mol. The lowest BCUT2D eigenvalue weighted by Gasteiger charge is -2.07. The molecule has 2 rings (SSSR count). The number of nitrogens with zero attached hydrogens (tertiary/aromatic N) is 1. The Labute approximate surface area is 111 Å². The molecule has 1 aromatic carbocycles. The number of halogens is 3. The maximum absolute atomic E-state index is 12.5. The van der Waals surface area contributed by atoms with Crippen LogP contribution in [0.5, 0.6) is 0 Å². The Morgan fingerprint density at radius 1 is 1.21 bits per heavy atom. The number of nitrogens with two attached hydrogens (primary N) is 1. The molecule has 2 aromatic rings. The molecular weight excluding hydrogens is 273 g/mol. The van der Waals surface area contributed by atoms with Crippen LogP contribution in [0.1, 0.15) is 16.0 Å². The minimum Gasteiger partial charge on any atom is -0.397 e. The summed E-state index contributed by atoms with van der Waals surface area (Å²) in [5.74, 6) is 0. The van der Waals surface area contributed by atoms with Crippen LogP contribution in [0.3, 0.4) is 0 Å². The van der Waals surface area contributed by atoms with Gasteiger partial charge in [0.25, 0.3) is 0 Å². The van der Waals surface area contributed by atoms with Crippen LogP contribution in [0.25, 0.3) is 10.4 Å². The van der Waals surface area contributed by atoms with Gasteiger partial charge in [0.2, 0.25) is 0 Å². The van der Waals surface area contributed by atoms with Crippen molar-refractivity contribution in [2.45, 2.75) is 13.1 Å². The summed E-state index contributed by atoms with van der Waals surface area (Å²) >= 11 is 1.19. The van der Waals surface area contributed by atoms with Crippen LogP contribution in [0.15, 0.2) is 24.3 Å². The second-order valence-corrected chi connectivity index (χ2v) is 5.01. The van der Waals surface area contributed by atoms with Gasteiger partial charge < -0.3 is 5.73 Å². The molecule has 0 saturated heterocycles. The number of hydrogen-bond acceptors (Lipinski definition) is 3. The first-order valence-electron chi connectivity index (χ1n) is 5.31. The average molecular weight is 282 g/mol. The molecule has 98 valence electrons. The number of nitrogen functional groups attached to an aromatic ring is 1. The Kier molecular flexibility index (Phi) is 3.25. The van der Waals surface area contributed by atoms with Crippen molar-refractivity contribution >= 4 is 17.0 Å². The van der Waals surface area contributed by atoms with Gasteiger partial charge in [-0.2, -0.15) is 18.4 Å². The van der Waals surface area contributed by atoms with Gasteiger partial charge in [-0.15, -0.1) is 11.3 Å². The highest BCUT2D eigenvalue weighted by Gasteiger charge is 2.30. The van der Waals surface area contributed by atoms with Gasteiger partial charge >= 0.3 is 6.18 Å². The second-order valence-electron chi connectivity index (χ2n) is 3.99. The van der Waals surface area contributed by atoms with Gasteiger partial charge in [0.15, 0.2) is 0 Å². The van der Waals surface area contributed by atoms with E-state index in [0.29, 0.717) is 16.1 Å². The van der Waals surface area contributed by atoms with Crippen LogP contribution in [0, 0.1) is 18.3 Å². The van der Waals surface area contributed by atoms with Crippen LogP contribution >= 0.6 is 11.3 Å². The zero-order valence-electron chi connectivity index (χ0n) is 9.88. The van der Waals surface area contributed by atoms with E-state index in [9.17, 15) is 13.2 Å². The average Bonchev–Trinajstić information content (AvgIpc) is 2.65. The summed E-state index contributed by atoms with van der Waals surface area (Å²) in [6, 6.07) is 6.81. The minimum absolute atomic E-state index is 0.382. The first-order valence-corrected chi connectivity index (χ1v) is 6.13. The molecule has 0 atom stereocenters. The third-order valence-corrected chi connectivity index (χ3v) is 4.03. The largest absolute Gasteiger partial charge is 0.416 e. The molecule has 0 bridgehead atoms. The molecule has 0 amide bonds. The Morgan fingerprint density at radius 3 is 2.21 bits per heavy atom. The molecule has 1 heterocycles. The molecule has 6 heteroatoms. The number of thiophene rings is 1. The van der Waals surface area contributed by atoms with Crippen LogP contribution in [-0.4, -0.2) is 0 Å². The van der Waals surface area contributed by atoms with Gasteiger partial charge in [0.1, 0.15) is 10.9 Å². The van der Waals surface area contributed by atoms with E-state index >= 15 is 0 Å². The smallest absolute Gasteiger partial charge is 0.397 e. The molecule has 0 unspecified atom stereocenters. The second kappa shape index (κ2) is 4.59. The molecule has 0 spiro atoms. The number of hydrogen-bond donors (Lipinski definition) is 1. The summed E-state index contributed by atoms with van der Waals surface area (Å²) in [6.45, 7) is 1.75. The topological polar surface area (TPSA) is 49.8 Å². The van der Waals surface area contributed by atoms with Gasteiger partial charge in [0, 0.05) is 4.88 Å². The summed E-state index contributed by atoms with van der Waals surface area (Å²) in [5, 5.41) is 8.89. The van der Waals surface area contributed by atoms with Gasteiger partial charge in [-0.1, -0.05) is 12.1 Å². The van der Waals surface area contributed by atoms with E-state index in [1.165, 1.54) is 23.5 Å². The van der Waals surface area contributed by atoms with Crippen LogP contribution in [-0.2, 0) is 6.18 Å². The molecule has 0 aliphatic carbocycles. The standard InChI is InChI=1S/C13H9F3N2S/c1-7-11(18)10(6-17)19-12(7)8-2-4-9(5-3-8)13(14,15)16/h2-5H,18H2,1H3. The van der Waals surface area contributed by atoms with E-state index in [2.05, 4.69) is 0 Å². The fourth-order valence-corrected chi connectivity index (χ4v) is 2.73. The highest BCUT2D eigenvalue weighted by Crippen LogP contribution is 2.38. The molecular formula is C13H9F3N2S. The minimum atomic E-state index is -4.35. The number of alkyl halides is 3. The van der Waals surface area contributed by atoms with Gasteiger partial charge in [0.05, 0.1) is 11.3 Å². The van der Waals surface area contributed by atoms with Gasteiger partial charge in [-0.05, 0) is 30.2 Å². The van der Waals surface area contributed by atoms with E-state index in [1.807, 2.05) is 6.07 Å². The Bertz CT molecular complexity index is 648. The molecule has 0 aliphatic rings. The number of nitriles is 1. The molecule has 0 radical (unpaired) electrons. The highest BCUT2D eigenvalue weighted by molar-refractivity contribution is 7.16. The normalized spacial score (nSPS) is 11.3. The predicted octanol–water partition coefficient (Wildman–Crippen LogP) is 4.20. The summed E-state index contributed by atoms with van der Waals surface area (Å²) in [5.41, 5.74) is 6.81. The summed E-state index contributed by atoms with van der Waals surface area (Å²) in [6.07, 6.45) is -4.35. The summed E-state index contributed by atoms with van der Waals surface area (Å²) in [4.78, 5) is 1.11. The van der Waals surface area contributed by atoms with Crippen molar-refractivity contribution in [2.24, 2.45) is 0 Å². The summed E-state index contributed by atoms with van der Waals surface area (Å²) < 4.78 is 37.4. The maximum Gasteiger partial charge on any atom is 0.416 e. The molecule has 0 fully saturated rings. The molecule has 1 aromatic heterocycles. The van der Waals surface area contributed by atoms with Crippen molar-refractivity contribution in [1.29, 1.82) is 5.26 Å². The Morgan fingerprint density at radius 2 is 1.79 bits per heavy atom. The van der Waals surface area contributed by atoms with Gasteiger partial charge in [-0.3, -0.25) is 0 Å². The zero-order chi connectivity index (χ0) is 14.2. The first-order chi connectivity index (χ1) is 8.84. The Balaban J connectivity index is 2.47. The molecule has 2 nitrogen and oxygen atoms in total. The van der Waals surface area contributed by atoms with Crippen molar-refractivity contribution in [3.8, 4) is 16.5 Å². The number of anilines is 1. The lowest BCUT2D eigenvalue weighted by molar-refractivity contribution is -0.137. The fourth-order valence-electron chi connectivity index (χ4n) is 1.70. The summed E-state index contributed by atoms with van der Waals surface area (Å²) in [7, 11) is 0. The lowest BCUT2D eigenvalue weighted by Crippen LogP contribution is -2.03. The maximum atomic E-state index is 12.5. The molecule has 0 saturated carbocycles. The first kappa shape index (κ1) is 13.4. The van der Waals surface area contributed by atoms with Crippen molar-refractivity contribution in [3.05, 3.63) is 40.3 Å². The quantitative estimate of drug-likeness (QED) is 0.852. The third-order valence-electron chi connectivity index (χ3n) is 2.77. The zero-order valence-corrected chi connectivity index (χ0v) is 10.7. The SMILES string of the molecule is Cc1c(-c2ccc(C(F)(F)F)cc2)sc(C#N)c1N. The molecule has 0 aliphatic heterocycles. The fraction of sp³-hybridized carbons (Fsp3) is 0.154. The Hall–Kier alpha value is -2.00. The van der Waals surface area contributed by atoms with E-state index in [-0.39, 0.29) is 0 Å². The van der Waals surface area contributed by atoms with E-state index in [1.54, 1.807) is 6.92 Å². The van der Waals surface area contributed by atoms with Crippen molar-refractivity contribution in [1.82, 2.24) is 0 Å². The van der Waals surface area contributed by atoms with Gasteiger partial charge in [-0.25, -0.2) is 0 Å². The van der Waals surface area contributed by atoms with Crippen molar-refractivity contribution in [3.63, 3.8) is 0 Å². The van der Waals surface area contributed by atoms with E-state index in [4.69, 9.17) is 11.0 Å². The molecule has 2 N–H and O–H groups in total. The van der Waals surface area contributed by atoms with Crippen molar-refractivity contribution in [2.75, 3.05) is 5.73 Å². The van der Waals surface area contributed by atoms with Crippen molar-refractivity contribution < 1.29 is 13.2 Å². The molecule has 19 heavy (non-hydrogen) atoms. The van der Waals surface area contributed by atoms with Crippen LogP contribution in [0.2, 0.25) is 0 Å². The lowest BCUT2D eigenvalue weighted by atomic mass is 10.1. The number of benzene rings is 1. The van der Waals surface area contributed by atoms with E-state index < -0.39 is 11.7 Å². The number of rotatable bonds is 1.